The third-order valence-corrected chi connectivity index (χ3v) is 16.0. The molecule has 1 aliphatic heterocycles. The summed E-state index contributed by atoms with van der Waals surface area (Å²) in [6.45, 7) is 4.32. The molecule has 0 saturated carbocycles. The molecule has 0 aromatic rings. The average molecular weight is 1120 g/mol. The smallest absolute Gasteiger partial charge is 0.305 e. The largest absolute Gasteiger partial charge is 0.466 e. The molecule has 1 rings (SSSR count). The fourth-order valence-corrected chi connectivity index (χ4v) is 10.6. The van der Waals surface area contributed by atoms with E-state index in [2.05, 4.69) is 43.5 Å². The number of carbonyl (C=O) groups is 2. The number of unbranched alkanes of at least 4 members (excludes halogenated alkanes) is 41. The third-order valence-electron chi connectivity index (χ3n) is 16.0. The Morgan fingerprint density at radius 3 is 1.22 bits per heavy atom. The van der Waals surface area contributed by atoms with E-state index in [4.69, 9.17) is 14.2 Å². The highest BCUT2D eigenvalue weighted by atomic mass is 16.7. The molecule has 0 aliphatic carbocycles. The number of rotatable bonds is 59. The monoisotopic (exact) mass is 1120 g/mol. The Morgan fingerprint density at radius 2 is 0.810 bits per heavy atom. The SMILES string of the molecule is CCCCCCCC/C=C\CCCCCCCCCCCC(=O)OCCCCCCCCCCCCCC/C=C\CCCCCCCCCC(=O)NC(COC1OC(CO)C(O)C(O)C1O)C(O)/C=C/CCCCCCCCC. The predicted molar refractivity (Wildman–Crippen MR) is 329 cm³/mol. The fraction of sp³-hybridized carbons (Fsp3) is 0.882. The summed E-state index contributed by atoms with van der Waals surface area (Å²) in [6.07, 6.45) is 62.8. The van der Waals surface area contributed by atoms with Gasteiger partial charge in [-0.3, -0.25) is 9.59 Å². The minimum absolute atomic E-state index is 0.000570. The van der Waals surface area contributed by atoms with Crippen LogP contribution in [0.3, 0.4) is 0 Å². The van der Waals surface area contributed by atoms with E-state index in [1.54, 1.807) is 6.08 Å². The highest BCUT2D eigenvalue weighted by Gasteiger charge is 2.44. The molecular weight excluding hydrogens is 991 g/mol. The summed E-state index contributed by atoms with van der Waals surface area (Å²) in [5, 5.41) is 54.2. The number of hydrogen-bond acceptors (Lipinski definition) is 10. The van der Waals surface area contributed by atoms with Gasteiger partial charge in [-0.25, -0.2) is 0 Å². The van der Waals surface area contributed by atoms with Crippen molar-refractivity contribution in [2.75, 3.05) is 19.8 Å². The van der Waals surface area contributed by atoms with Gasteiger partial charge in [-0.15, -0.1) is 0 Å². The van der Waals surface area contributed by atoms with Crippen molar-refractivity contribution < 1.29 is 49.3 Å². The zero-order valence-electron chi connectivity index (χ0n) is 51.3. The second kappa shape index (κ2) is 57.7. The first-order valence-corrected chi connectivity index (χ1v) is 33.8. The van der Waals surface area contributed by atoms with Crippen LogP contribution < -0.4 is 5.32 Å². The Kier molecular flexibility index (Phi) is 54.7. The molecule has 0 spiro atoms. The Hall–Kier alpha value is -2.12. The molecule has 7 unspecified atom stereocenters. The summed E-state index contributed by atoms with van der Waals surface area (Å²) in [5.41, 5.74) is 0. The molecule has 0 radical (unpaired) electrons. The van der Waals surface area contributed by atoms with Crippen LogP contribution in [0.15, 0.2) is 36.5 Å². The van der Waals surface area contributed by atoms with Crippen molar-refractivity contribution in [1.82, 2.24) is 5.32 Å². The number of esters is 1. The fourth-order valence-electron chi connectivity index (χ4n) is 10.6. The molecule has 79 heavy (non-hydrogen) atoms. The Labute approximate surface area is 485 Å². The standard InChI is InChI=1S/C68H127NO10/c1-3-5-7-9-11-13-14-15-16-17-23-27-30-33-36-40-44-48-52-56-64(73)77-57-53-49-45-41-37-34-31-28-25-22-20-18-19-21-24-26-29-32-35-39-43-47-51-55-63(72)69-60(61(71)54-50-46-42-38-12-10-8-6-4-2)59-78-68-67(76)66(75)65(74)62(58-70)79-68/h15-16,21,24,50,54,60-62,65-68,70-71,74-76H,3-14,17-20,22-23,25-49,51-53,55-59H2,1-2H3,(H,69,72)/b16-15-,24-21-,54-50+. The summed E-state index contributed by atoms with van der Waals surface area (Å²) < 4.78 is 16.7. The molecule has 1 aliphatic rings. The second-order valence-corrected chi connectivity index (χ2v) is 23.5. The van der Waals surface area contributed by atoms with Gasteiger partial charge >= 0.3 is 5.97 Å². The number of aliphatic hydroxyl groups is 5. The summed E-state index contributed by atoms with van der Waals surface area (Å²) >= 11 is 0. The highest BCUT2D eigenvalue weighted by molar-refractivity contribution is 5.76. The van der Waals surface area contributed by atoms with Gasteiger partial charge in [0, 0.05) is 12.8 Å². The zero-order valence-corrected chi connectivity index (χ0v) is 51.3. The van der Waals surface area contributed by atoms with Crippen molar-refractivity contribution in [2.24, 2.45) is 0 Å². The van der Waals surface area contributed by atoms with Crippen molar-refractivity contribution in [3.05, 3.63) is 36.5 Å². The molecule has 11 nitrogen and oxygen atoms in total. The lowest BCUT2D eigenvalue weighted by Crippen LogP contribution is -2.60. The Bertz CT molecular complexity index is 1410. The van der Waals surface area contributed by atoms with Crippen molar-refractivity contribution in [2.45, 2.75) is 365 Å². The molecule has 1 saturated heterocycles. The second-order valence-electron chi connectivity index (χ2n) is 23.5. The van der Waals surface area contributed by atoms with Crippen LogP contribution in [0.25, 0.3) is 0 Å². The number of aliphatic hydroxyl groups excluding tert-OH is 5. The van der Waals surface area contributed by atoms with Crippen LogP contribution in [0, 0.1) is 0 Å². The van der Waals surface area contributed by atoms with Crippen molar-refractivity contribution in [1.29, 1.82) is 0 Å². The molecule has 0 bridgehead atoms. The molecule has 1 fully saturated rings. The van der Waals surface area contributed by atoms with E-state index in [0.717, 1.165) is 70.6 Å². The van der Waals surface area contributed by atoms with Gasteiger partial charge in [0.1, 0.15) is 24.4 Å². The first-order valence-electron chi connectivity index (χ1n) is 33.8. The van der Waals surface area contributed by atoms with Gasteiger partial charge in [0.05, 0.1) is 32.0 Å². The summed E-state index contributed by atoms with van der Waals surface area (Å²) in [5.74, 6) is -0.190. The molecular formula is C68H127NO10. The normalized spacial score (nSPS) is 18.6. The number of nitrogens with one attached hydrogen (secondary N) is 1. The first-order chi connectivity index (χ1) is 38.7. The van der Waals surface area contributed by atoms with Crippen LogP contribution in [0.4, 0.5) is 0 Å². The molecule has 0 aromatic heterocycles. The van der Waals surface area contributed by atoms with Crippen LogP contribution in [0.5, 0.6) is 0 Å². The summed E-state index contributed by atoms with van der Waals surface area (Å²) in [6, 6.07) is -0.813. The first kappa shape index (κ1) is 74.9. The van der Waals surface area contributed by atoms with Gasteiger partial charge in [0.25, 0.3) is 0 Å². The van der Waals surface area contributed by atoms with Crippen LogP contribution in [-0.4, -0.2) is 100 Å². The van der Waals surface area contributed by atoms with E-state index in [1.165, 1.54) is 225 Å². The van der Waals surface area contributed by atoms with Crippen LogP contribution in [0.1, 0.15) is 322 Å². The number of ether oxygens (including phenoxy) is 3. The topological polar surface area (TPSA) is 175 Å². The van der Waals surface area contributed by atoms with Crippen LogP contribution in [0.2, 0.25) is 0 Å². The maximum atomic E-state index is 13.0. The van der Waals surface area contributed by atoms with Crippen LogP contribution in [-0.2, 0) is 23.8 Å². The van der Waals surface area contributed by atoms with Gasteiger partial charge < -0.3 is 45.1 Å². The Morgan fingerprint density at radius 1 is 0.456 bits per heavy atom. The van der Waals surface area contributed by atoms with Gasteiger partial charge in [-0.2, -0.15) is 0 Å². The lowest BCUT2D eigenvalue weighted by Gasteiger charge is -2.40. The quantitative estimate of drug-likeness (QED) is 0.0195. The lowest BCUT2D eigenvalue weighted by atomic mass is 9.99. The zero-order chi connectivity index (χ0) is 57.3. The molecule has 6 N–H and O–H groups in total. The van der Waals surface area contributed by atoms with E-state index in [-0.39, 0.29) is 18.5 Å². The van der Waals surface area contributed by atoms with E-state index < -0.39 is 49.5 Å². The number of amides is 1. The van der Waals surface area contributed by atoms with Gasteiger partial charge in [0.2, 0.25) is 5.91 Å². The molecule has 464 valence electrons. The van der Waals surface area contributed by atoms with Gasteiger partial charge in [0.15, 0.2) is 6.29 Å². The highest BCUT2D eigenvalue weighted by Crippen LogP contribution is 2.23. The number of carbonyl (C=O) groups excluding carboxylic acids is 2. The van der Waals surface area contributed by atoms with E-state index in [0.29, 0.717) is 19.4 Å². The molecule has 11 heteroatoms. The van der Waals surface area contributed by atoms with E-state index in [1.807, 2.05) is 6.08 Å². The lowest BCUT2D eigenvalue weighted by molar-refractivity contribution is -0.302. The van der Waals surface area contributed by atoms with Crippen LogP contribution >= 0.6 is 0 Å². The molecule has 0 aromatic carbocycles. The maximum absolute atomic E-state index is 13.0. The van der Waals surface area contributed by atoms with Gasteiger partial charge in [-0.05, 0) is 83.5 Å². The average Bonchev–Trinajstić information content (AvgIpc) is 3.47. The minimum atomic E-state index is -1.57. The maximum Gasteiger partial charge on any atom is 0.305 e. The third kappa shape index (κ3) is 47.0. The molecule has 1 amide bonds. The predicted octanol–water partition coefficient (Wildman–Crippen LogP) is 16.6. The minimum Gasteiger partial charge on any atom is -0.466 e. The summed E-state index contributed by atoms with van der Waals surface area (Å²) in [7, 11) is 0. The number of allylic oxidation sites excluding steroid dienone is 5. The van der Waals surface area contributed by atoms with Crippen molar-refractivity contribution in [3.63, 3.8) is 0 Å². The molecule has 7 atom stereocenters. The summed E-state index contributed by atoms with van der Waals surface area (Å²) in [4.78, 5) is 25.1. The Balaban J connectivity index is 1.95. The van der Waals surface area contributed by atoms with Crippen molar-refractivity contribution >= 4 is 11.9 Å². The molecule has 1 heterocycles. The van der Waals surface area contributed by atoms with E-state index >= 15 is 0 Å². The van der Waals surface area contributed by atoms with Crippen molar-refractivity contribution in [3.8, 4) is 0 Å². The van der Waals surface area contributed by atoms with Gasteiger partial charge in [-0.1, -0.05) is 262 Å². The number of hydrogen-bond donors (Lipinski definition) is 6. The van der Waals surface area contributed by atoms with E-state index in [9.17, 15) is 35.1 Å².